The molecular weight excluding hydrogens is 294 g/mol. The molecule has 2 heterocycles. The van der Waals surface area contributed by atoms with Crippen LogP contribution in [-0.2, 0) is 22.3 Å². The number of aromatic amines is 1. The number of aryl methyl sites for hydroxylation is 1. The molecule has 1 saturated heterocycles. The van der Waals surface area contributed by atoms with Crippen LogP contribution in [0.15, 0.2) is 11.6 Å². The van der Waals surface area contributed by atoms with E-state index >= 15 is 0 Å². The summed E-state index contributed by atoms with van der Waals surface area (Å²) in [5.74, 6) is -0.105. The van der Waals surface area contributed by atoms with Crippen LogP contribution in [0.2, 0.25) is 0 Å². The zero-order valence-corrected chi connectivity index (χ0v) is 13.9. The summed E-state index contributed by atoms with van der Waals surface area (Å²) in [5.41, 5.74) is 3.96. The first-order valence-electron chi connectivity index (χ1n) is 8.35. The van der Waals surface area contributed by atoms with Crippen molar-refractivity contribution in [3.8, 4) is 0 Å². The van der Waals surface area contributed by atoms with E-state index < -0.39 is 0 Å². The Morgan fingerprint density at radius 2 is 2.35 bits per heavy atom. The van der Waals surface area contributed by atoms with Crippen molar-refractivity contribution < 1.29 is 14.3 Å². The number of ether oxygens (including phenoxy) is 2. The van der Waals surface area contributed by atoms with Crippen molar-refractivity contribution in [2.24, 2.45) is 0 Å². The Kier molecular flexibility index (Phi) is 5.13. The molecule has 0 aromatic carbocycles. The van der Waals surface area contributed by atoms with Gasteiger partial charge in [0.1, 0.15) is 6.10 Å². The first-order valence-corrected chi connectivity index (χ1v) is 8.35. The summed E-state index contributed by atoms with van der Waals surface area (Å²) in [6.45, 7) is 5.78. The van der Waals surface area contributed by atoms with Crippen LogP contribution in [0, 0.1) is 0 Å². The second-order valence-corrected chi connectivity index (χ2v) is 6.48. The molecule has 23 heavy (non-hydrogen) atoms. The summed E-state index contributed by atoms with van der Waals surface area (Å²) in [6, 6.07) is -0.0319. The molecule has 1 amide bonds. The molecule has 0 saturated carbocycles. The molecule has 0 unspecified atom stereocenters. The van der Waals surface area contributed by atoms with E-state index in [-0.39, 0.29) is 18.1 Å². The van der Waals surface area contributed by atoms with Crippen LogP contribution in [0.4, 0.5) is 0 Å². The average Bonchev–Trinajstić information content (AvgIpc) is 3.11. The first-order chi connectivity index (χ1) is 11.1. The van der Waals surface area contributed by atoms with Gasteiger partial charge in [-0.3, -0.25) is 9.89 Å². The fourth-order valence-corrected chi connectivity index (χ4v) is 3.12. The molecule has 0 bridgehead atoms. The van der Waals surface area contributed by atoms with E-state index in [0.717, 1.165) is 36.9 Å². The second kappa shape index (κ2) is 7.27. The van der Waals surface area contributed by atoms with Gasteiger partial charge in [0.15, 0.2) is 5.69 Å². The minimum absolute atomic E-state index is 0.0319. The SMILES string of the molecule is CC(C)=CCO[C@@H]1COCC[C@H]1NC(=O)c1n[nH]c2c1CCC2. The smallest absolute Gasteiger partial charge is 0.272 e. The van der Waals surface area contributed by atoms with Gasteiger partial charge in [-0.1, -0.05) is 11.6 Å². The Hall–Kier alpha value is -1.66. The lowest BCUT2D eigenvalue weighted by atomic mass is 10.1. The number of fused-ring (bicyclic) bond motifs is 1. The number of carbonyl (C=O) groups is 1. The van der Waals surface area contributed by atoms with Gasteiger partial charge in [0, 0.05) is 17.9 Å². The van der Waals surface area contributed by atoms with E-state index in [4.69, 9.17) is 9.47 Å². The van der Waals surface area contributed by atoms with Crippen molar-refractivity contribution in [2.75, 3.05) is 19.8 Å². The Morgan fingerprint density at radius 1 is 1.48 bits per heavy atom. The average molecular weight is 319 g/mol. The third-order valence-corrected chi connectivity index (χ3v) is 4.44. The molecule has 2 atom stereocenters. The number of hydrogen-bond acceptors (Lipinski definition) is 4. The van der Waals surface area contributed by atoms with Crippen LogP contribution in [0.5, 0.6) is 0 Å². The van der Waals surface area contributed by atoms with Crippen LogP contribution in [0.1, 0.15) is 48.4 Å². The van der Waals surface area contributed by atoms with Gasteiger partial charge < -0.3 is 14.8 Å². The molecule has 0 spiro atoms. The van der Waals surface area contributed by atoms with Crippen molar-refractivity contribution in [3.63, 3.8) is 0 Å². The molecule has 6 heteroatoms. The number of rotatable bonds is 5. The highest BCUT2D eigenvalue weighted by Gasteiger charge is 2.30. The maximum Gasteiger partial charge on any atom is 0.272 e. The normalized spacial score (nSPS) is 23.4. The molecule has 2 aliphatic rings. The molecule has 1 aromatic heterocycles. The minimum Gasteiger partial charge on any atom is -0.379 e. The van der Waals surface area contributed by atoms with Gasteiger partial charge in [-0.25, -0.2) is 0 Å². The summed E-state index contributed by atoms with van der Waals surface area (Å²) in [5, 5.41) is 10.3. The van der Waals surface area contributed by atoms with E-state index in [1.807, 2.05) is 19.9 Å². The largest absolute Gasteiger partial charge is 0.379 e. The fraction of sp³-hybridized carbons (Fsp3) is 0.647. The number of hydrogen-bond donors (Lipinski definition) is 2. The molecule has 0 radical (unpaired) electrons. The van der Waals surface area contributed by atoms with E-state index in [1.54, 1.807) is 0 Å². The van der Waals surface area contributed by atoms with Gasteiger partial charge in [0.25, 0.3) is 5.91 Å². The molecule has 1 aliphatic heterocycles. The van der Waals surface area contributed by atoms with Crippen molar-refractivity contribution in [1.29, 1.82) is 0 Å². The van der Waals surface area contributed by atoms with Gasteiger partial charge in [0.2, 0.25) is 0 Å². The Bertz CT molecular complexity index is 590. The van der Waals surface area contributed by atoms with Crippen molar-refractivity contribution in [2.45, 2.75) is 51.7 Å². The molecular formula is C17H25N3O3. The highest BCUT2D eigenvalue weighted by molar-refractivity contribution is 5.94. The third-order valence-electron chi connectivity index (χ3n) is 4.44. The van der Waals surface area contributed by atoms with Crippen LogP contribution in [0.3, 0.4) is 0 Å². The molecule has 1 aromatic rings. The Morgan fingerprint density at radius 3 is 3.17 bits per heavy atom. The first kappa shape index (κ1) is 16.2. The Labute approximate surface area is 136 Å². The van der Waals surface area contributed by atoms with Gasteiger partial charge >= 0.3 is 0 Å². The number of carbonyl (C=O) groups excluding carboxylic acids is 1. The number of allylic oxidation sites excluding steroid dienone is 1. The molecule has 126 valence electrons. The van der Waals surface area contributed by atoms with Crippen molar-refractivity contribution in [1.82, 2.24) is 15.5 Å². The van der Waals surface area contributed by atoms with Gasteiger partial charge in [0.05, 0.1) is 19.3 Å². The maximum absolute atomic E-state index is 12.6. The van der Waals surface area contributed by atoms with E-state index in [9.17, 15) is 4.79 Å². The maximum atomic E-state index is 12.6. The van der Waals surface area contributed by atoms with Gasteiger partial charge in [-0.15, -0.1) is 0 Å². The fourth-order valence-electron chi connectivity index (χ4n) is 3.12. The standard InChI is InChI=1S/C17H25N3O3/c1-11(2)6-9-23-15-10-22-8-7-14(15)18-17(21)16-12-4-3-5-13(12)19-20-16/h6,14-15H,3-5,7-10H2,1-2H3,(H,18,21)(H,19,20)/t14-,15-/m1/s1. The zero-order valence-electron chi connectivity index (χ0n) is 13.9. The molecule has 1 fully saturated rings. The quantitative estimate of drug-likeness (QED) is 0.811. The summed E-state index contributed by atoms with van der Waals surface area (Å²) < 4.78 is 11.4. The second-order valence-electron chi connectivity index (χ2n) is 6.48. The predicted molar refractivity (Wildman–Crippen MR) is 86.5 cm³/mol. The highest BCUT2D eigenvalue weighted by Crippen LogP contribution is 2.23. The van der Waals surface area contributed by atoms with E-state index in [1.165, 1.54) is 5.57 Å². The van der Waals surface area contributed by atoms with Crippen LogP contribution < -0.4 is 5.32 Å². The summed E-state index contributed by atoms with van der Waals surface area (Å²) in [6.07, 6.45) is 5.70. The Balaban J connectivity index is 1.62. The van der Waals surface area contributed by atoms with Crippen molar-refractivity contribution in [3.05, 3.63) is 28.6 Å². The van der Waals surface area contributed by atoms with Gasteiger partial charge in [-0.05, 0) is 39.5 Å². The number of nitrogens with zero attached hydrogens (tertiary/aromatic N) is 1. The molecule has 3 rings (SSSR count). The topological polar surface area (TPSA) is 76.2 Å². The predicted octanol–water partition coefficient (Wildman–Crippen LogP) is 1.77. The lowest BCUT2D eigenvalue weighted by Crippen LogP contribution is -2.50. The third kappa shape index (κ3) is 3.82. The van der Waals surface area contributed by atoms with E-state index in [0.29, 0.717) is 25.5 Å². The number of nitrogens with one attached hydrogen (secondary N) is 2. The van der Waals surface area contributed by atoms with Crippen molar-refractivity contribution >= 4 is 5.91 Å². The summed E-state index contributed by atoms with van der Waals surface area (Å²) in [7, 11) is 0. The highest BCUT2D eigenvalue weighted by atomic mass is 16.5. The lowest BCUT2D eigenvalue weighted by Gasteiger charge is -2.31. The number of amides is 1. The lowest BCUT2D eigenvalue weighted by molar-refractivity contribution is -0.0589. The number of aromatic nitrogens is 2. The van der Waals surface area contributed by atoms with Crippen LogP contribution in [0.25, 0.3) is 0 Å². The molecule has 6 nitrogen and oxygen atoms in total. The summed E-state index contributed by atoms with van der Waals surface area (Å²) >= 11 is 0. The van der Waals surface area contributed by atoms with Gasteiger partial charge in [-0.2, -0.15) is 5.10 Å². The van der Waals surface area contributed by atoms with Crippen LogP contribution >= 0.6 is 0 Å². The van der Waals surface area contributed by atoms with Crippen LogP contribution in [-0.4, -0.2) is 48.1 Å². The monoisotopic (exact) mass is 319 g/mol. The van der Waals surface area contributed by atoms with E-state index in [2.05, 4.69) is 15.5 Å². The molecule has 2 N–H and O–H groups in total. The summed E-state index contributed by atoms with van der Waals surface area (Å²) in [4.78, 5) is 12.6. The zero-order chi connectivity index (χ0) is 16.2. The minimum atomic E-state index is -0.115. The number of H-pyrrole nitrogens is 1. The molecule has 1 aliphatic carbocycles.